The van der Waals surface area contributed by atoms with Gasteiger partial charge in [0.05, 0.1) is 7.11 Å². The van der Waals surface area contributed by atoms with Gasteiger partial charge in [-0.15, -0.1) is 0 Å². The van der Waals surface area contributed by atoms with Crippen molar-refractivity contribution in [3.63, 3.8) is 0 Å². The Bertz CT molecular complexity index is 1130. The molecule has 0 saturated carbocycles. The summed E-state index contributed by atoms with van der Waals surface area (Å²) in [5, 5.41) is 12.9. The number of carbonyl (C=O) groups excluding carboxylic acids is 1. The minimum atomic E-state index is -0.344. The molecule has 30 heavy (non-hydrogen) atoms. The molecule has 0 unspecified atom stereocenters. The number of amides is 2. The van der Waals surface area contributed by atoms with Crippen LogP contribution in [0.5, 0.6) is 5.75 Å². The van der Waals surface area contributed by atoms with Crippen LogP contribution in [0.25, 0.3) is 5.82 Å². The van der Waals surface area contributed by atoms with Gasteiger partial charge in [0.2, 0.25) is 0 Å². The number of hydrogen-bond acceptors (Lipinski definition) is 6. The maximum atomic E-state index is 12.2. The van der Waals surface area contributed by atoms with E-state index in [9.17, 15) is 4.79 Å². The molecule has 0 radical (unpaired) electrons. The summed E-state index contributed by atoms with van der Waals surface area (Å²) < 4.78 is 6.81. The molecule has 2 heterocycles. The molecule has 2 aromatic heterocycles. The SMILES string of the molecule is COc1cccc(NC(=O)Nc2ccc(Nc3cc(-n4cccn4)ncn3)cc2)c1. The fraction of sp³-hybridized carbons (Fsp3) is 0.0476. The number of aromatic nitrogens is 4. The predicted molar refractivity (Wildman–Crippen MR) is 115 cm³/mol. The second-order valence-electron chi connectivity index (χ2n) is 6.23. The van der Waals surface area contributed by atoms with Crippen LogP contribution in [0.15, 0.2) is 79.4 Å². The highest BCUT2D eigenvalue weighted by molar-refractivity contribution is 5.99. The van der Waals surface area contributed by atoms with Gasteiger partial charge in [-0.2, -0.15) is 5.10 Å². The molecule has 0 fully saturated rings. The van der Waals surface area contributed by atoms with Gasteiger partial charge in [-0.3, -0.25) is 0 Å². The number of urea groups is 1. The van der Waals surface area contributed by atoms with Crippen LogP contribution in [0.3, 0.4) is 0 Å². The van der Waals surface area contributed by atoms with Crippen LogP contribution in [0.1, 0.15) is 0 Å². The van der Waals surface area contributed by atoms with E-state index < -0.39 is 0 Å². The molecule has 4 aromatic rings. The van der Waals surface area contributed by atoms with Crippen molar-refractivity contribution in [3.05, 3.63) is 79.4 Å². The standard InChI is InChI=1S/C21H19N7O2/c1-30-18-5-2-4-17(12-18)27-21(29)26-16-8-6-15(7-9-16)25-19-13-20(23-14-22-19)28-11-3-10-24-28/h2-14H,1H3,(H,22,23,25)(H2,26,27,29). The van der Waals surface area contributed by atoms with Crippen molar-refractivity contribution in [2.24, 2.45) is 0 Å². The largest absolute Gasteiger partial charge is 0.497 e. The summed E-state index contributed by atoms with van der Waals surface area (Å²) in [5.41, 5.74) is 2.11. The normalized spacial score (nSPS) is 10.3. The average Bonchev–Trinajstić information content (AvgIpc) is 3.30. The number of methoxy groups -OCH3 is 1. The van der Waals surface area contributed by atoms with E-state index in [4.69, 9.17) is 4.74 Å². The Morgan fingerprint density at radius 3 is 2.50 bits per heavy atom. The summed E-state index contributed by atoms with van der Waals surface area (Å²) in [4.78, 5) is 20.6. The van der Waals surface area contributed by atoms with E-state index >= 15 is 0 Å². The molecule has 3 N–H and O–H groups in total. The lowest BCUT2D eigenvalue weighted by atomic mass is 10.2. The maximum Gasteiger partial charge on any atom is 0.323 e. The lowest BCUT2D eigenvalue weighted by Gasteiger charge is -2.10. The minimum absolute atomic E-state index is 0.344. The molecule has 0 bridgehead atoms. The average molecular weight is 401 g/mol. The van der Waals surface area contributed by atoms with Crippen molar-refractivity contribution in [2.75, 3.05) is 23.1 Å². The molecule has 0 spiro atoms. The molecule has 0 aliphatic carbocycles. The van der Waals surface area contributed by atoms with E-state index in [2.05, 4.69) is 31.0 Å². The smallest absolute Gasteiger partial charge is 0.323 e. The molecular weight excluding hydrogens is 382 g/mol. The molecule has 150 valence electrons. The van der Waals surface area contributed by atoms with E-state index in [0.717, 1.165) is 5.69 Å². The number of ether oxygens (including phenoxy) is 1. The number of benzene rings is 2. The van der Waals surface area contributed by atoms with Crippen LogP contribution < -0.4 is 20.7 Å². The van der Waals surface area contributed by atoms with E-state index in [-0.39, 0.29) is 6.03 Å². The van der Waals surface area contributed by atoms with Crippen molar-refractivity contribution >= 4 is 28.9 Å². The first-order chi connectivity index (χ1) is 14.7. The highest BCUT2D eigenvalue weighted by Crippen LogP contribution is 2.20. The van der Waals surface area contributed by atoms with Gasteiger partial charge < -0.3 is 20.7 Å². The number of nitrogens with zero attached hydrogens (tertiary/aromatic N) is 4. The van der Waals surface area contributed by atoms with Crippen LogP contribution in [0, 0.1) is 0 Å². The quantitative estimate of drug-likeness (QED) is 0.450. The van der Waals surface area contributed by atoms with E-state index in [0.29, 0.717) is 28.8 Å². The number of hydrogen-bond donors (Lipinski definition) is 3. The van der Waals surface area contributed by atoms with Crippen molar-refractivity contribution in [3.8, 4) is 11.6 Å². The Balaban J connectivity index is 1.37. The van der Waals surface area contributed by atoms with E-state index in [1.165, 1.54) is 6.33 Å². The molecule has 2 aromatic carbocycles. The van der Waals surface area contributed by atoms with Crippen LogP contribution in [-0.4, -0.2) is 32.9 Å². The summed E-state index contributed by atoms with van der Waals surface area (Å²) in [6.07, 6.45) is 4.96. The highest BCUT2D eigenvalue weighted by atomic mass is 16.5. The van der Waals surface area contributed by atoms with Gasteiger partial charge in [0.1, 0.15) is 17.9 Å². The topological polar surface area (TPSA) is 106 Å². The van der Waals surface area contributed by atoms with Gasteiger partial charge in [0, 0.05) is 41.6 Å². The van der Waals surface area contributed by atoms with Crippen molar-refractivity contribution in [1.82, 2.24) is 19.7 Å². The molecule has 9 heteroatoms. The predicted octanol–water partition coefficient (Wildman–Crippen LogP) is 4.06. The van der Waals surface area contributed by atoms with Crippen LogP contribution >= 0.6 is 0 Å². The molecule has 0 aliphatic heterocycles. The Labute approximate surface area is 172 Å². The summed E-state index contributed by atoms with van der Waals surface area (Å²) in [7, 11) is 1.58. The molecule has 0 atom stereocenters. The number of carbonyl (C=O) groups is 1. The molecule has 0 saturated heterocycles. The summed E-state index contributed by atoms with van der Waals surface area (Å²) >= 11 is 0. The van der Waals surface area contributed by atoms with Crippen molar-refractivity contribution in [2.45, 2.75) is 0 Å². The number of nitrogens with one attached hydrogen (secondary N) is 3. The Morgan fingerprint density at radius 1 is 0.933 bits per heavy atom. The van der Waals surface area contributed by atoms with Gasteiger partial charge in [0.15, 0.2) is 5.82 Å². The zero-order valence-electron chi connectivity index (χ0n) is 16.1. The zero-order valence-corrected chi connectivity index (χ0v) is 16.1. The Kier molecular flexibility index (Phi) is 5.52. The number of anilines is 4. The lowest BCUT2D eigenvalue weighted by Crippen LogP contribution is -2.19. The molecular formula is C21H19N7O2. The fourth-order valence-corrected chi connectivity index (χ4v) is 2.72. The van der Waals surface area contributed by atoms with Gasteiger partial charge in [-0.25, -0.2) is 19.4 Å². The fourth-order valence-electron chi connectivity index (χ4n) is 2.72. The molecule has 0 aliphatic rings. The third-order valence-corrected chi connectivity index (χ3v) is 4.13. The van der Waals surface area contributed by atoms with Crippen LogP contribution in [-0.2, 0) is 0 Å². The van der Waals surface area contributed by atoms with Gasteiger partial charge in [-0.1, -0.05) is 6.07 Å². The Morgan fingerprint density at radius 2 is 1.73 bits per heavy atom. The minimum Gasteiger partial charge on any atom is -0.497 e. The van der Waals surface area contributed by atoms with Gasteiger partial charge in [-0.05, 0) is 42.5 Å². The van der Waals surface area contributed by atoms with Crippen molar-refractivity contribution in [1.29, 1.82) is 0 Å². The first kappa shape index (κ1) is 18.9. The van der Waals surface area contributed by atoms with Crippen molar-refractivity contribution < 1.29 is 9.53 Å². The second kappa shape index (κ2) is 8.74. The van der Waals surface area contributed by atoms with E-state index in [1.807, 2.05) is 30.5 Å². The van der Waals surface area contributed by atoms with Crippen LogP contribution in [0.2, 0.25) is 0 Å². The zero-order chi connectivity index (χ0) is 20.8. The van der Waals surface area contributed by atoms with Gasteiger partial charge in [0.25, 0.3) is 0 Å². The third kappa shape index (κ3) is 4.71. The molecule has 9 nitrogen and oxygen atoms in total. The molecule has 4 rings (SSSR count). The third-order valence-electron chi connectivity index (χ3n) is 4.13. The summed E-state index contributed by atoms with van der Waals surface area (Å²) in [6, 6.07) is 17.7. The second-order valence-corrected chi connectivity index (χ2v) is 6.23. The Hall–Kier alpha value is -4.40. The molecule has 2 amide bonds. The summed E-state index contributed by atoms with van der Waals surface area (Å²) in [6.45, 7) is 0. The van der Waals surface area contributed by atoms with Crippen LogP contribution in [0.4, 0.5) is 27.7 Å². The number of rotatable bonds is 6. The maximum absolute atomic E-state index is 12.2. The lowest BCUT2D eigenvalue weighted by molar-refractivity contribution is 0.262. The van der Waals surface area contributed by atoms with E-state index in [1.54, 1.807) is 54.4 Å². The first-order valence-electron chi connectivity index (χ1n) is 9.11. The van der Waals surface area contributed by atoms with Gasteiger partial charge >= 0.3 is 6.03 Å². The highest BCUT2D eigenvalue weighted by Gasteiger charge is 2.05. The first-order valence-corrected chi connectivity index (χ1v) is 9.11. The monoisotopic (exact) mass is 401 g/mol. The summed E-state index contributed by atoms with van der Waals surface area (Å²) in [5.74, 6) is 1.96.